The Bertz CT molecular complexity index is 568. The summed E-state index contributed by atoms with van der Waals surface area (Å²) in [6.07, 6.45) is 0. The lowest BCUT2D eigenvalue weighted by molar-refractivity contribution is -0.217. The number of imide groups is 2. The number of rotatable bonds is 0. The molecule has 0 aromatic rings. The molecule has 0 radical (unpaired) electrons. The molecular formula is C14H20N4O4. The predicted molar refractivity (Wildman–Crippen MR) is 75.6 cm³/mol. The van der Waals surface area contributed by atoms with Crippen LogP contribution in [0.3, 0.4) is 0 Å². The quantitative estimate of drug-likeness (QED) is 0.620. The molecule has 0 bridgehead atoms. The molecule has 0 aromatic heterocycles. The lowest BCUT2D eigenvalue weighted by atomic mass is 9.44. The van der Waals surface area contributed by atoms with Crippen LogP contribution in [0.1, 0.15) is 13.8 Å². The zero-order valence-corrected chi connectivity index (χ0v) is 13.6. The van der Waals surface area contributed by atoms with E-state index in [0.29, 0.717) is 0 Å². The minimum atomic E-state index is -0.921. The van der Waals surface area contributed by atoms with Crippen LogP contribution in [0.4, 0.5) is 9.59 Å². The first kappa shape index (κ1) is 14.8. The lowest BCUT2D eigenvalue weighted by Crippen LogP contribution is -2.91. The number of nitrogens with zero attached hydrogens (tertiary/aromatic N) is 4. The standard InChI is InChI=1S/C14H20N4O4/c1-13-7(9(19)15(3)11(21)17(13)5)14(2)8(13)10(20)16(4)12(22)18(14)6/h7-8H,1-6H3. The van der Waals surface area contributed by atoms with E-state index in [9.17, 15) is 19.2 Å². The van der Waals surface area contributed by atoms with Gasteiger partial charge in [-0.1, -0.05) is 0 Å². The Morgan fingerprint density at radius 1 is 0.682 bits per heavy atom. The molecule has 2 saturated heterocycles. The van der Waals surface area contributed by atoms with Gasteiger partial charge in [0, 0.05) is 28.2 Å². The number of hydrogen-bond donors (Lipinski definition) is 0. The fraction of sp³-hybridized carbons (Fsp3) is 0.714. The minimum absolute atomic E-state index is 0.346. The van der Waals surface area contributed by atoms with E-state index < -0.39 is 35.0 Å². The molecule has 2 aliphatic heterocycles. The van der Waals surface area contributed by atoms with E-state index in [1.165, 1.54) is 23.9 Å². The van der Waals surface area contributed by atoms with E-state index in [4.69, 9.17) is 0 Å². The van der Waals surface area contributed by atoms with E-state index in [1.54, 1.807) is 27.9 Å². The van der Waals surface area contributed by atoms with Gasteiger partial charge in [-0.2, -0.15) is 0 Å². The molecule has 8 heteroatoms. The normalized spacial score (nSPS) is 41.5. The second-order valence-corrected chi connectivity index (χ2v) is 6.80. The van der Waals surface area contributed by atoms with Crippen LogP contribution in [-0.2, 0) is 9.59 Å². The van der Waals surface area contributed by atoms with Crippen LogP contribution in [0.5, 0.6) is 0 Å². The molecule has 1 aliphatic carbocycles. The summed E-state index contributed by atoms with van der Waals surface area (Å²) in [5.41, 5.74) is -1.84. The summed E-state index contributed by atoms with van der Waals surface area (Å²) in [7, 11) is 6.05. The molecule has 120 valence electrons. The van der Waals surface area contributed by atoms with Crippen molar-refractivity contribution in [2.75, 3.05) is 28.2 Å². The van der Waals surface area contributed by atoms with Gasteiger partial charge in [0.15, 0.2) is 0 Å². The van der Waals surface area contributed by atoms with Gasteiger partial charge in [0.1, 0.15) is 0 Å². The topological polar surface area (TPSA) is 81.2 Å². The molecule has 0 N–H and O–H groups in total. The summed E-state index contributed by atoms with van der Waals surface area (Å²) in [5.74, 6) is -1.93. The van der Waals surface area contributed by atoms with E-state index in [0.717, 1.165) is 9.80 Å². The van der Waals surface area contributed by atoms with E-state index in [2.05, 4.69) is 0 Å². The molecular weight excluding hydrogens is 288 g/mol. The van der Waals surface area contributed by atoms with Gasteiger partial charge in [-0.3, -0.25) is 19.4 Å². The summed E-state index contributed by atoms with van der Waals surface area (Å²) in [6, 6.07) is -0.860. The van der Waals surface area contributed by atoms with Crippen LogP contribution in [-0.4, -0.2) is 82.7 Å². The van der Waals surface area contributed by atoms with Crippen LogP contribution in [0.2, 0.25) is 0 Å². The monoisotopic (exact) mass is 308 g/mol. The zero-order valence-electron chi connectivity index (χ0n) is 13.6. The number of fused-ring (bicyclic) bond motifs is 4. The van der Waals surface area contributed by atoms with Crippen LogP contribution < -0.4 is 0 Å². The van der Waals surface area contributed by atoms with Gasteiger partial charge in [0.25, 0.3) is 0 Å². The molecule has 0 aromatic carbocycles. The Hall–Kier alpha value is -2.12. The molecule has 8 nitrogen and oxygen atoms in total. The molecule has 3 fully saturated rings. The number of carbonyl (C=O) groups excluding carboxylic acids is 4. The average Bonchev–Trinajstić information content (AvgIpc) is 2.47. The van der Waals surface area contributed by atoms with Crippen molar-refractivity contribution in [1.82, 2.24) is 19.6 Å². The highest BCUT2D eigenvalue weighted by Crippen LogP contribution is 2.61. The van der Waals surface area contributed by atoms with Gasteiger partial charge >= 0.3 is 12.1 Å². The van der Waals surface area contributed by atoms with Crippen molar-refractivity contribution in [3.05, 3.63) is 0 Å². The van der Waals surface area contributed by atoms with Crippen molar-refractivity contribution < 1.29 is 19.2 Å². The Labute approximate surface area is 128 Å². The van der Waals surface area contributed by atoms with Gasteiger partial charge in [0.05, 0.1) is 22.9 Å². The molecule has 0 spiro atoms. The fourth-order valence-corrected chi connectivity index (χ4v) is 4.63. The Balaban J connectivity index is 2.19. The Kier molecular flexibility index (Phi) is 2.55. The highest BCUT2D eigenvalue weighted by Gasteiger charge is 2.80. The van der Waals surface area contributed by atoms with E-state index >= 15 is 0 Å². The molecule has 1 saturated carbocycles. The molecule has 22 heavy (non-hydrogen) atoms. The van der Waals surface area contributed by atoms with Crippen molar-refractivity contribution in [3.8, 4) is 0 Å². The summed E-state index contributed by atoms with van der Waals surface area (Å²) in [5, 5.41) is 0. The first-order valence-electron chi connectivity index (χ1n) is 7.13. The molecule has 6 amide bonds. The summed E-state index contributed by atoms with van der Waals surface area (Å²) < 4.78 is 0. The molecule has 3 rings (SSSR count). The van der Waals surface area contributed by atoms with Crippen LogP contribution in [0, 0.1) is 11.8 Å². The molecule has 0 unspecified atom stereocenters. The van der Waals surface area contributed by atoms with Crippen LogP contribution in [0.25, 0.3) is 0 Å². The highest BCUT2D eigenvalue weighted by molar-refractivity contribution is 6.08. The van der Waals surface area contributed by atoms with Crippen LogP contribution >= 0.6 is 0 Å². The second-order valence-electron chi connectivity index (χ2n) is 6.80. The van der Waals surface area contributed by atoms with Gasteiger partial charge < -0.3 is 9.80 Å². The maximum Gasteiger partial charge on any atom is 0.326 e. The first-order chi connectivity index (χ1) is 10.0. The van der Waals surface area contributed by atoms with Gasteiger partial charge in [-0.25, -0.2) is 9.59 Å². The van der Waals surface area contributed by atoms with Gasteiger partial charge in [0.2, 0.25) is 11.8 Å². The van der Waals surface area contributed by atoms with Crippen molar-refractivity contribution >= 4 is 23.9 Å². The Morgan fingerprint density at radius 3 is 1.23 bits per heavy atom. The van der Waals surface area contributed by atoms with Crippen molar-refractivity contribution in [2.24, 2.45) is 11.8 Å². The van der Waals surface area contributed by atoms with Gasteiger partial charge in [-0.15, -0.1) is 0 Å². The lowest BCUT2D eigenvalue weighted by Gasteiger charge is -2.73. The SMILES string of the molecule is CN1C(=O)C2C(C)(C3C(=O)N(C)C(=O)N(C)C23C)N(C)C1=O. The summed E-state index contributed by atoms with van der Waals surface area (Å²) in [6.45, 7) is 3.50. The maximum absolute atomic E-state index is 12.7. The number of urea groups is 2. The smallest absolute Gasteiger partial charge is 0.320 e. The van der Waals surface area contributed by atoms with E-state index in [-0.39, 0.29) is 11.8 Å². The van der Waals surface area contributed by atoms with Gasteiger partial charge in [-0.05, 0) is 13.8 Å². The third-order valence-electron chi connectivity index (χ3n) is 6.09. The molecule has 3 aliphatic rings. The third kappa shape index (κ3) is 1.17. The molecule has 0 atom stereocenters. The number of hydrogen-bond acceptors (Lipinski definition) is 4. The first-order valence-corrected chi connectivity index (χ1v) is 7.13. The summed E-state index contributed by atoms with van der Waals surface area (Å²) in [4.78, 5) is 54.9. The third-order valence-corrected chi connectivity index (χ3v) is 6.09. The number of amides is 6. The number of carbonyl (C=O) groups is 4. The minimum Gasteiger partial charge on any atom is -0.320 e. The largest absolute Gasteiger partial charge is 0.326 e. The molecule has 2 heterocycles. The maximum atomic E-state index is 12.7. The highest BCUT2D eigenvalue weighted by atomic mass is 16.2. The summed E-state index contributed by atoms with van der Waals surface area (Å²) >= 11 is 0. The van der Waals surface area contributed by atoms with Crippen molar-refractivity contribution in [1.29, 1.82) is 0 Å². The van der Waals surface area contributed by atoms with Crippen LogP contribution in [0.15, 0.2) is 0 Å². The second kappa shape index (κ2) is 3.80. The fourth-order valence-electron chi connectivity index (χ4n) is 4.63. The average molecular weight is 308 g/mol. The van der Waals surface area contributed by atoms with Crippen molar-refractivity contribution in [3.63, 3.8) is 0 Å². The Morgan fingerprint density at radius 2 is 0.955 bits per heavy atom. The zero-order chi connectivity index (χ0) is 16.8. The van der Waals surface area contributed by atoms with E-state index in [1.807, 2.05) is 0 Å². The van der Waals surface area contributed by atoms with Crippen molar-refractivity contribution in [2.45, 2.75) is 24.9 Å². The predicted octanol–water partition coefficient (Wildman–Crippen LogP) is -0.203.